The molecule has 0 fully saturated rings. The number of amides is 2. The molecule has 2 rings (SSSR count). The molecule has 0 aliphatic heterocycles. The predicted octanol–water partition coefficient (Wildman–Crippen LogP) is 2.44. The Balaban J connectivity index is 1.74. The maximum absolute atomic E-state index is 12.0. The highest BCUT2D eigenvalue weighted by Gasteiger charge is 2.10. The second-order valence-corrected chi connectivity index (χ2v) is 5.99. The third kappa shape index (κ3) is 5.71. The van der Waals surface area contributed by atoms with Crippen LogP contribution in [0.2, 0.25) is 0 Å². The van der Waals surface area contributed by atoms with Crippen molar-refractivity contribution in [3.63, 3.8) is 0 Å². The Labute approximate surface area is 144 Å². The highest BCUT2D eigenvalue weighted by Crippen LogP contribution is 2.16. The number of thioether (sulfide) groups is 1. The van der Waals surface area contributed by atoms with Crippen molar-refractivity contribution in [1.82, 2.24) is 5.16 Å². The highest BCUT2D eigenvalue weighted by molar-refractivity contribution is 8.00. The predicted molar refractivity (Wildman–Crippen MR) is 93.0 cm³/mol. The minimum Gasteiger partial charge on any atom is -0.380 e. The molecule has 2 amide bonds. The summed E-state index contributed by atoms with van der Waals surface area (Å²) in [7, 11) is 1.60. The fourth-order valence-electron chi connectivity index (χ4n) is 1.95. The zero-order chi connectivity index (χ0) is 17.4. The second kappa shape index (κ2) is 9.09. The van der Waals surface area contributed by atoms with Crippen LogP contribution in [0.4, 0.5) is 11.5 Å². The molecule has 0 spiro atoms. The van der Waals surface area contributed by atoms with Gasteiger partial charge in [0.05, 0.1) is 18.1 Å². The lowest BCUT2D eigenvalue weighted by molar-refractivity contribution is -0.114. The van der Waals surface area contributed by atoms with Gasteiger partial charge in [0.2, 0.25) is 11.8 Å². The molecule has 2 aromatic rings. The Bertz CT molecular complexity index is 702. The summed E-state index contributed by atoms with van der Waals surface area (Å²) in [5, 5.41) is 9.10. The van der Waals surface area contributed by atoms with Crippen LogP contribution < -0.4 is 10.6 Å². The van der Waals surface area contributed by atoms with Gasteiger partial charge >= 0.3 is 0 Å². The van der Waals surface area contributed by atoms with Crippen LogP contribution in [0.3, 0.4) is 0 Å². The van der Waals surface area contributed by atoms with Crippen molar-refractivity contribution >= 4 is 35.1 Å². The molecule has 1 aromatic heterocycles. The van der Waals surface area contributed by atoms with Crippen LogP contribution in [-0.4, -0.2) is 35.6 Å². The number of carbonyl (C=O) groups is 2. The van der Waals surface area contributed by atoms with Gasteiger partial charge < -0.3 is 19.9 Å². The molecule has 0 bridgehead atoms. The van der Waals surface area contributed by atoms with Gasteiger partial charge in [-0.3, -0.25) is 9.59 Å². The molecular formula is C16H19N3O4S. The summed E-state index contributed by atoms with van der Waals surface area (Å²) in [5.41, 5.74) is 1.62. The third-order valence-corrected chi connectivity index (χ3v) is 3.89. The summed E-state index contributed by atoms with van der Waals surface area (Å²) >= 11 is 1.22. The van der Waals surface area contributed by atoms with Crippen molar-refractivity contribution in [3.8, 4) is 0 Å². The quantitative estimate of drug-likeness (QED) is 0.760. The van der Waals surface area contributed by atoms with Gasteiger partial charge in [0.1, 0.15) is 5.76 Å². The van der Waals surface area contributed by atoms with Crippen molar-refractivity contribution < 1.29 is 18.8 Å². The van der Waals surface area contributed by atoms with Gasteiger partial charge in [-0.05, 0) is 13.0 Å². The monoisotopic (exact) mass is 349 g/mol. The highest BCUT2D eigenvalue weighted by atomic mass is 32.2. The number of hydrogen-bond donors (Lipinski definition) is 2. The van der Waals surface area contributed by atoms with E-state index in [2.05, 4.69) is 15.8 Å². The van der Waals surface area contributed by atoms with Crippen molar-refractivity contribution in [1.29, 1.82) is 0 Å². The molecule has 1 aromatic carbocycles. The van der Waals surface area contributed by atoms with Crippen LogP contribution >= 0.6 is 11.8 Å². The van der Waals surface area contributed by atoms with Gasteiger partial charge in [-0.1, -0.05) is 23.4 Å². The van der Waals surface area contributed by atoms with E-state index < -0.39 is 0 Å². The maximum Gasteiger partial charge on any atom is 0.235 e. The molecule has 0 saturated carbocycles. The molecule has 24 heavy (non-hydrogen) atoms. The van der Waals surface area contributed by atoms with E-state index in [0.717, 1.165) is 5.56 Å². The molecule has 0 unspecified atom stereocenters. The standard InChI is InChI=1S/C16H19N3O4S/c1-11-7-14(19-23-11)18-16(21)10-24-9-15(20)17-13-6-4-3-5-12(13)8-22-2/h3-7H,8-10H2,1-2H3,(H,17,20)(H,18,19,21). The van der Waals surface area contributed by atoms with Gasteiger partial charge in [-0.15, -0.1) is 11.8 Å². The van der Waals surface area contributed by atoms with Crippen LogP contribution in [0.25, 0.3) is 0 Å². The average molecular weight is 349 g/mol. The molecule has 0 saturated heterocycles. The fraction of sp³-hybridized carbons (Fsp3) is 0.312. The SMILES string of the molecule is COCc1ccccc1NC(=O)CSCC(=O)Nc1cc(C)on1. The number of methoxy groups -OCH3 is 1. The van der Waals surface area contributed by atoms with Gasteiger partial charge in [0.15, 0.2) is 5.82 Å². The van der Waals surface area contributed by atoms with Crippen molar-refractivity contribution in [2.45, 2.75) is 13.5 Å². The van der Waals surface area contributed by atoms with E-state index in [4.69, 9.17) is 9.26 Å². The van der Waals surface area contributed by atoms with E-state index in [9.17, 15) is 9.59 Å². The lowest BCUT2D eigenvalue weighted by atomic mass is 10.2. The molecule has 8 heteroatoms. The molecule has 128 valence electrons. The summed E-state index contributed by atoms with van der Waals surface area (Å²) in [6.45, 7) is 2.16. The molecule has 0 aliphatic rings. The number of rotatable bonds is 8. The Kier molecular flexibility index (Phi) is 6.83. The molecule has 0 radical (unpaired) electrons. The van der Waals surface area contributed by atoms with Gasteiger partial charge in [0, 0.05) is 24.4 Å². The average Bonchev–Trinajstić information content (AvgIpc) is 2.94. The normalized spacial score (nSPS) is 10.4. The Morgan fingerprint density at radius 3 is 2.58 bits per heavy atom. The lowest BCUT2D eigenvalue weighted by Gasteiger charge is -2.10. The summed E-state index contributed by atoms with van der Waals surface area (Å²) in [4.78, 5) is 23.7. The Hall–Kier alpha value is -2.32. The van der Waals surface area contributed by atoms with E-state index in [0.29, 0.717) is 23.9 Å². The third-order valence-electron chi connectivity index (χ3n) is 2.95. The van der Waals surface area contributed by atoms with Gasteiger partial charge in [-0.2, -0.15) is 0 Å². The van der Waals surface area contributed by atoms with Crippen LogP contribution in [0.15, 0.2) is 34.9 Å². The van der Waals surface area contributed by atoms with E-state index in [1.807, 2.05) is 24.3 Å². The number of anilines is 2. The number of ether oxygens (including phenoxy) is 1. The maximum atomic E-state index is 12.0. The number of para-hydroxylation sites is 1. The molecule has 7 nitrogen and oxygen atoms in total. The summed E-state index contributed by atoms with van der Waals surface area (Å²) in [6.07, 6.45) is 0. The van der Waals surface area contributed by atoms with Crippen LogP contribution in [0.1, 0.15) is 11.3 Å². The first kappa shape index (κ1) is 18.0. The van der Waals surface area contributed by atoms with E-state index >= 15 is 0 Å². The topological polar surface area (TPSA) is 93.5 Å². The largest absolute Gasteiger partial charge is 0.380 e. The minimum absolute atomic E-state index is 0.152. The molecule has 0 atom stereocenters. The fourth-order valence-corrected chi connectivity index (χ4v) is 2.57. The number of nitrogens with zero attached hydrogens (tertiary/aromatic N) is 1. The number of benzene rings is 1. The second-order valence-electron chi connectivity index (χ2n) is 5.00. The van der Waals surface area contributed by atoms with Crippen molar-refractivity contribution in [2.75, 3.05) is 29.2 Å². The minimum atomic E-state index is -0.235. The smallest absolute Gasteiger partial charge is 0.235 e. The van der Waals surface area contributed by atoms with Crippen molar-refractivity contribution in [2.24, 2.45) is 0 Å². The van der Waals surface area contributed by atoms with E-state index in [1.54, 1.807) is 20.1 Å². The van der Waals surface area contributed by atoms with Gasteiger partial charge in [-0.25, -0.2) is 0 Å². The molecule has 0 aliphatic carbocycles. The zero-order valence-electron chi connectivity index (χ0n) is 13.5. The van der Waals surface area contributed by atoms with Crippen LogP contribution in [-0.2, 0) is 20.9 Å². The van der Waals surface area contributed by atoms with Crippen LogP contribution in [0, 0.1) is 6.92 Å². The van der Waals surface area contributed by atoms with Crippen LogP contribution in [0.5, 0.6) is 0 Å². The molecular weight excluding hydrogens is 330 g/mol. The number of carbonyl (C=O) groups excluding carboxylic acids is 2. The number of aryl methyl sites for hydroxylation is 1. The summed E-state index contributed by atoms with van der Waals surface area (Å²) < 4.78 is 9.96. The number of nitrogens with one attached hydrogen (secondary N) is 2. The Morgan fingerprint density at radius 2 is 1.92 bits per heavy atom. The number of hydrogen-bond acceptors (Lipinski definition) is 6. The molecule has 2 N–H and O–H groups in total. The molecule has 1 heterocycles. The van der Waals surface area contributed by atoms with Crippen molar-refractivity contribution in [3.05, 3.63) is 41.7 Å². The van der Waals surface area contributed by atoms with E-state index in [-0.39, 0.29) is 23.3 Å². The Morgan fingerprint density at radius 1 is 1.21 bits per heavy atom. The summed E-state index contributed by atoms with van der Waals surface area (Å²) in [6, 6.07) is 9.06. The van der Waals surface area contributed by atoms with E-state index in [1.165, 1.54) is 11.8 Å². The zero-order valence-corrected chi connectivity index (χ0v) is 14.3. The first-order valence-corrected chi connectivity index (χ1v) is 8.41. The summed E-state index contributed by atoms with van der Waals surface area (Å²) in [5.74, 6) is 0.906. The first-order valence-electron chi connectivity index (χ1n) is 7.26. The lowest BCUT2D eigenvalue weighted by Crippen LogP contribution is -2.19. The first-order chi connectivity index (χ1) is 11.6. The number of aromatic nitrogens is 1. The van der Waals surface area contributed by atoms with Gasteiger partial charge in [0.25, 0.3) is 0 Å².